The van der Waals surface area contributed by atoms with Crippen LogP contribution in [0.2, 0.25) is 5.02 Å². The van der Waals surface area contributed by atoms with E-state index in [1.807, 2.05) is 31.2 Å². The summed E-state index contributed by atoms with van der Waals surface area (Å²) >= 11 is 5.80. The summed E-state index contributed by atoms with van der Waals surface area (Å²) in [6, 6.07) is 7.47. The van der Waals surface area contributed by atoms with Crippen molar-refractivity contribution in [2.75, 3.05) is 12.0 Å². The molecule has 0 radical (unpaired) electrons. The Morgan fingerprint density at radius 1 is 1.55 bits per heavy atom. The van der Waals surface area contributed by atoms with E-state index in [4.69, 9.17) is 16.3 Å². The maximum atomic E-state index is 11.2. The van der Waals surface area contributed by atoms with Gasteiger partial charge >= 0.3 is 0 Å². The predicted molar refractivity (Wildman–Crippen MR) is 78.7 cm³/mol. The van der Waals surface area contributed by atoms with Crippen LogP contribution in [0.5, 0.6) is 5.75 Å². The quantitative estimate of drug-likeness (QED) is 0.654. The van der Waals surface area contributed by atoms with Gasteiger partial charge in [0.05, 0.1) is 19.0 Å². The molecule has 7 heteroatoms. The highest BCUT2D eigenvalue weighted by Crippen LogP contribution is 2.14. The summed E-state index contributed by atoms with van der Waals surface area (Å²) in [4.78, 5) is 11.2. The number of nitrogens with one attached hydrogen (secondary N) is 2. The fraction of sp³-hybridized carbons (Fsp3) is 0.154. The molecular formula is C13H13ClN4O2. The lowest BCUT2D eigenvalue weighted by Gasteiger charge is -2.03. The van der Waals surface area contributed by atoms with Gasteiger partial charge in [0, 0.05) is 0 Å². The first-order valence-electron chi connectivity index (χ1n) is 5.96. The van der Waals surface area contributed by atoms with E-state index in [1.54, 1.807) is 6.21 Å². The highest BCUT2D eigenvalue weighted by atomic mass is 35.5. The van der Waals surface area contributed by atoms with Crippen molar-refractivity contribution in [2.45, 2.75) is 6.92 Å². The Bertz CT molecular complexity index is 669. The summed E-state index contributed by atoms with van der Waals surface area (Å²) in [6.07, 6.45) is 2.98. The van der Waals surface area contributed by atoms with E-state index < -0.39 is 5.56 Å². The number of hydrazone groups is 1. The van der Waals surface area contributed by atoms with Crippen molar-refractivity contribution in [3.63, 3.8) is 0 Å². The summed E-state index contributed by atoms with van der Waals surface area (Å²) in [6.45, 7) is 2.52. The molecule has 1 heterocycles. The Morgan fingerprint density at radius 3 is 3.20 bits per heavy atom. The van der Waals surface area contributed by atoms with Gasteiger partial charge in [-0.05, 0) is 24.6 Å². The lowest BCUT2D eigenvalue weighted by atomic mass is 10.2. The molecule has 20 heavy (non-hydrogen) atoms. The molecule has 1 aromatic heterocycles. The standard InChI is InChI=1S/C13H13ClN4O2/c1-2-20-10-5-3-4-9(6-10)7-15-17-11-8-16-18-13(19)12(11)14/h3-8H,2H2,1H3,(H2,17,18,19)/b15-7-. The fourth-order valence-electron chi connectivity index (χ4n) is 1.49. The van der Waals surface area contributed by atoms with Crippen molar-refractivity contribution in [3.05, 3.63) is 51.4 Å². The zero-order valence-electron chi connectivity index (χ0n) is 10.8. The average molecular weight is 293 g/mol. The first-order chi connectivity index (χ1) is 9.70. The van der Waals surface area contributed by atoms with Gasteiger partial charge in [0.25, 0.3) is 5.56 Å². The molecule has 2 N–H and O–H groups in total. The molecule has 104 valence electrons. The number of aromatic nitrogens is 2. The molecule has 0 amide bonds. The highest BCUT2D eigenvalue weighted by molar-refractivity contribution is 6.32. The summed E-state index contributed by atoms with van der Waals surface area (Å²) < 4.78 is 5.39. The smallest absolute Gasteiger partial charge is 0.285 e. The fourth-order valence-corrected chi connectivity index (χ4v) is 1.62. The zero-order valence-corrected chi connectivity index (χ0v) is 11.5. The van der Waals surface area contributed by atoms with Crippen molar-refractivity contribution in [1.82, 2.24) is 10.2 Å². The summed E-state index contributed by atoms with van der Waals surface area (Å²) in [7, 11) is 0. The minimum Gasteiger partial charge on any atom is -0.494 e. The number of hydrogen-bond acceptors (Lipinski definition) is 5. The second-order valence-electron chi connectivity index (χ2n) is 3.80. The molecule has 0 aliphatic heterocycles. The average Bonchev–Trinajstić information content (AvgIpc) is 2.44. The van der Waals surface area contributed by atoms with Crippen molar-refractivity contribution in [2.24, 2.45) is 5.10 Å². The molecule has 2 aromatic rings. The van der Waals surface area contributed by atoms with E-state index in [0.717, 1.165) is 11.3 Å². The van der Waals surface area contributed by atoms with Crippen molar-refractivity contribution in [3.8, 4) is 5.75 Å². The first kappa shape index (κ1) is 14.1. The molecule has 6 nitrogen and oxygen atoms in total. The van der Waals surface area contributed by atoms with Crippen LogP contribution in [0.25, 0.3) is 0 Å². The number of anilines is 1. The molecule has 1 aromatic carbocycles. The van der Waals surface area contributed by atoms with E-state index >= 15 is 0 Å². The highest BCUT2D eigenvalue weighted by Gasteiger charge is 2.02. The number of rotatable bonds is 5. The lowest BCUT2D eigenvalue weighted by Crippen LogP contribution is -2.10. The Hall–Kier alpha value is -2.34. The molecule has 0 atom stereocenters. The third-order valence-corrected chi connectivity index (χ3v) is 2.74. The van der Waals surface area contributed by atoms with E-state index in [1.165, 1.54) is 6.20 Å². The van der Waals surface area contributed by atoms with Crippen LogP contribution in [-0.2, 0) is 0 Å². The Labute approximate surface area is 120 Å². The van der Waals surface area contributed by atoms with Gasteiger partial charge in [-0.25, -0.2) is 5.10 Å². The summed E-state index contributed by atoms with van der Waals surface area (Å²) in [5, 5.41) is 9.88. The van der Waals surface area contributed by atoms with Crippen LogP contribution in [0.4, 0.5) is 5.69 Å². The molecule has 2 rings (SSSR count). The molecule has 0 saturated carbocycles. The minimum absolute atomic E-state index is 0.0141. The van der Waals surface area contributed by atoms with Crippen LogP contribution in [-0.4, -0.2) is 23.0 Å². The topological polar surface area (TPSA) is 79.4 Å². The molecular weight excluding hydrogens is 280 g/mol. The van der Waals surface area contributed by atoms with Crippen LogP contribution in [0.3, 0.4) is 0 Å². The molecule has 0 aliphatic rings. The Balaban J connectivity index is 2.08. The molecule has 0 aliphatic carbocycles. The number of halogens is 1. The molecule has 0 saturated heterocycles. The van der Waals surface area contributed by atoms with Crippen LogP contribution < -0.4 is 15.7 Å². The van der Waals surface area contributed by atoms with Gasteiger partial charge < -0.3 is 4.74 Å². The number of nitrogens with zero attached hydrogens (tertiary/aromatic N) is 2. The monoisotopic (exact) mass is 292 g/mol. The zero-order chi connectivity index (χ0) is 14.4. The van der Waals surface area contributed by atoms with Crippen molar-refractivity contribution < 1.29 is 4.74 Å². The van der Waals surface area contributed by atoms with Gasteiger partial charge in [-0.3, -0.25) is 10.2 Å². The van der Waals surface area contributed by atoms with E-state index in [9.17, 15) is 4.79 Å². The van der Waals surface area contributed by atoms with Gasteiger partial charge in [-0.15, -0.1) is 0 Å². The van der Waals surface area contributed by atoms with Crippen LogP contribution in [0.15, 0.2) is 40.4 Å². The second kappa shape index (κ2) is 6.72. The molecule has 0 spiro atoms. The van der Waals surface area contributed by atoms with Crippen LogP contribution >= 0.6 is 11.6 Å². The van der Waals surface area contributed by atoms with E-state index in [2.05, 4.69) is 20.7 Å². The van der Waals surface area contributed by atoms with Crippen LogP contribution in [0.1, 0.15) is 12.5 Å². The molecule has 0 fully saturated rings. The van der Waals surface area contributed by atoms with Crippen molar-refractivity contribution in [1.29, 1.82) is 0 Å². The van der Waals surface area contributed by atoms with E-state index in [-0.39, 0.29) is 5.02 Å². The number of ether oxygens (including phenoxy) is 1. The minimum atomic E-state index is -0.467. The maximum absolute atomic E-state index is 11.2. The summed E-state index contributed by atoms with van der Waals surface area (Å²) in [5.41, 5.74) is 3.40. The van der Waals surface area contributed by atoms with Crippen LogP contribution in [0, 0.1) is 0 Å². The second-order valence-corrected chi connectivity index (χ2v) is 4.18. The first-order valence-corrected chi connectivity index (χ1v) is 6.33. The van der Waals surface area contributed by atoms with Gasteiger partial charge in [-0.1, -0.05) is 23.7 Å². The molecule has 0 unspecified atom stereocenters. The molecule has 0 bridgehead atoms. The lowest BCUT2D eigenvalue weighted by molar-refractivity contribution is 0.340. The summed E-state index contributed by atoms with van der Waals surface area (Å²) in [5.74, 6) is 0.771. The van der Waals surface area contributed by atoms with Gasteiger partial charge in [0.15, 0.2) is 0 Å². The SMILES string of the molecule is CCOc1cccc(/C=N\Nc2cn[nH]c(=O)c2Cl)c1. The van der Waals surface area contributed by atoms with Gasteiger partial charge in [0.2, 0.25) is 0 Å². The number of aromatic amines is 1. The maximum Gasteiger partial charge on any atom is 0.285 e. The number of H-pyrrole nitrogens is 1. The number of benzene rings is 1. The van der Waals surface area contributed by atoms with Crippen molar-refractivity contribution >= 4 is 23.5 Å². The van der Waals surface area contributed by atoms with Gasteiger partial charge in [0.1, 0.15) is 16.5 Å². The van der Waals surface area contributed by atoms with E-state index in [0.29, 0.717) is 12.3 Å². The Kier molecular flexibility index (Phi) is 4.73. The number of hydrogen-bond donors (Lipinski definition) is 2. The predicted octanol–water partition coefficient (Wildman–Crippen LogP) is 2.27. The van der Waals surface area contributed by atoms with Gasteiger partial charge in [-0.2, -0.15) is 10.2 Å². The largest absolute Gasteiger partial charge is 0.494 e. The third kappa shape index (κ3) is 3.58. The normalized spacial score (nSPS) is 10.7. The third-order valence-electron chi connectivity index (χ3n) is 2.36. The Morgan fingerprint density at radius 2 is 2.40 bits per heavy atom.